The van der Waals surface area contributed by atoms with Gasteiger partial charge in [-0.1, -0.05) is 30.3 Å². The van der Waals surface area contributed by atoms with Crippen LogP contribution < -0.4 is 5.27 Å². The van der Waals surface area contributed by atoms with Gasteiger partial charge in [0.15, 0.2) is 0 Å². The van der Waals surface area contributed by atoms with Gasteiger partial charge in [0.05, 0.1) is 0 Å². The minimum absolute atomic E-state index is 0.970. The average molecular weight is 121 g/mol. The molecule has 3 nitrogen and oxygen atoms in total. The highest BCUT2D eigenvalue weighted by molar-refractivity contribution is 5.27. The van der Waals surface area contributed by atoms with Crippen LogP contribution in [0, 0.1) is 0 Å². The zero-order valence-electron chi connectivity index (χ0n) is 4.69. The van der Waals surface area contributed by atoms with Crippen molar-refractivity contribution < 1.29 is 4.63 Å². The first-order chi connectivity index (χ1) is 4.47. The van der Waals surface area contributed by atoms with Crippen LogP contribution in [0.5, 0.6) is 0 Å². The van der Waals surface area contributed by atoms with Crippen molar-refractivity contribution in [2.45, 2.75) is 0 Å². The van der Waals surface area contributed by atoms with E-state index in [0.717, 1.165) is 5.69 Å². The summed E-state index contributed by atoms with van der Waals surface area (Å²) in [7, 11) is 0. The third-order valence-corrected chi connectivity index (χ3v) is 1.14. The lowest BCUT2D eigenvalue weighted by atomic mass is 10.3. The van der Waals surface area contributed by atoms with Crippen LogP contribution in [0.4, 0.5) is 0 Å². The molecule has 2 aromatic rings. The van der Waals surface area contributed by atoms with Crippen molar-refractivity contribution in [3.8, 4) is 5.69 Å². The second-order valence-corrected chi connectivity index (χ2v) is 1.77. The maximum Gasteiger partial charge on any atom is -0.00872 e. The van der Waals surface area contributed by atoms with E-state index >= 15 is 0 Å². The van der Waals surface area contributed by atoms with Gasteiger partial charge in [-0.3, -0.25) is 10.1 Å². The first kappa shape index (κ1) is 4.49. The van der Waals surface area contributed by atoms with Crippen LogP contribution in [0.2, 0.25) is 0 Å². The Morgan fingerprint density at radius 1 is 1.22 bits per heavy atom. The van der Waals surface area contributed by atoms with Gasteiger partial charge in [-0.25, -0.2) is 0 Å². The number of benzene rings is 1. The molecule has 46 valence electrons. The Morgan fingerprint density at radius 3 is 2.44 bits per heavy atom. The highest BCUT2D eigenvalue weighted by Crippen LogP contribution is 2.04. The fourth-order valence-corrected chi connectivity index (χ4v) is 0.668. The van der Waals surface area contributed by atoms with Crippen molar-refractivity contribution in [1.29, 1.82) is 0 Å². The molecule has 0 amide bonds. The van der Waals surface area contributed by atoms with E-state index in [0.29, 0.717) is 0 Å². The predicted octanol–water partition coefficient (Wildman–Crippen LogP) is 1.03. The zero-order chi connectivity index (χ0) is 6.10. The molecule has 2 rings (SSSR count). The zero-order valence-corrected chi connectivity index (χ0v) is 4.69. The quantitative estimate of drug-likeness (QED) is 0.564. The van der Waals surface area contributed by atoms with Gasteiger partial charge in [-0.15, -0.1) is 0 Å². The smallest absolute Gasteiger partial charge is 0.00872 e. The molecule has 0 aliphatic rings. The molecule has 0 unspecified atom stereocenters. The van der Waals surface area contributed by atoms with Crippen LogP contribution in [-0.2, 0) is 0 Å². The maximum absolute atomic E-state index is 4.55. The van der Waals surface area contributed by atoms with Gasteiger partial charge in [0.2, 0.25) is 0 Å². The van der Waals surface area contributed by atoms with Crippen LogP contribution in [0.25, 0.3) is 5.69 Å². The van der Waals surface area contributed by atoms with Crippen LogP contribution >= 0.6 is 0 Å². The molecule has 3 heteroatoms. The Balaban J connectivity index is 2.44. The first-order valence-corrected chi connectivity index (χ1v) is 2.70. The summed E-state index contributed by atoms with van der Waals surface area (Å²) < 4.78 is 4.55. The predicted molar refractivity (Wildman–Crippen MR) is 31.4 cm³/mol. The third-order valence-electron chi connectivity index (χ3n) is 1.14. The van der Waals surface area contributed by atoms with Gasteiger partial charge in [0.25, 0.3) is 0 Å². The van der Waals surface area contributed by atoms with Gasteiger partial charge in [-0.2, -0.15) is 0 Å². The standard InChI is InChI=1S/C6H5N2O/c1-2-4-6(5-3-1)8-7-9-8/h1-5H/q-1. The summed E-state index contributed by atoms with van der Waals surface area (Å²) in [4.78, 5) is 1.46. The van der Waals surface area contributed by atoms with Crippen molar-refractivity contribution in [2.24, 2.45) is 0 Å². The molecule has 1 aromatic carbocycles. The highest BCUT2D eigenvalue weighted by Gasteiger charge is 1.85. The fourth-order valence-electron chi connectivity index (χ4n) is 0.668. The second kappa shape index (κ2) is 1.55. The molecule has 0 radical (unpaired) electrons. The molecule has 0 saturated heterocycles. The molecule has 0 saturated carbocycles. The molecule has 0 atom stereocenters. The van der Waals surface area contributed by atoms with Crippen molar-refractivity contribution in [2.75, 3.05) is 0 Å². The minimum atomic E-state index is 0.970. The van der Waals surface area contributed by atoms with Crippen LogP contribution in [0.15, 0.2) is 35.0 Å². The Kier molecular flexibility index (Phi) is 0.773. The van der Waals surface area contributed by atoms with E-state index in [1.807, 2.05) is 30.3 Å². The van der Waals surface area contributed by atoms with Crippen molar-refractivity contribution >= 4 is 0 Å². The largest absolute Gasteiger partial charge is 0.454 e. The van der Waals surface area contributed by atoms with E-state index in [4.69, 9.17) is 0 Å². The van der Waals surface area contributed by atoms with E-state index in [9.17, 15) is 0 Å². The Hall–Kier alpha value is -1.38. The summed E-state index contributed by atoms with van der Waals surface area (Å²) >= 11 is 0. The van der Waals surface area contributed by atoms with E-state index < -0.39 is 0 Å². The van der Waals surface area contributed by atoms with Gasteiger partial charge in [-0.05, 0) is 5.69 Å². The summed E-state index contributed by atoms with van der Waals surface area (Å²) in [6.45, 7) is 0. The molecule has 1 aromatic heterocycles. The molecular weight excluding hydrogens is 116 g/mol. The summed E-state index contributed by atoms with van der Waals surface area (Å²) in [6, 6.07) is 9.68. The first-order valence-electron chi connectivity index (χ1n) is 2.70. The van der Waals surface area contributed by atoms with Gasteiger partial charge >= 0.3 is 0 Å². The van der Waals surface area contributed by atoms with E-state index in [1.165, 1.54) is 4.85 Å². The SMILES string of the molecule is c1ccc(-n2[n-]o2)cc1. The summed E-state index contributed by atoms with van der Waals surface area (Å²) in [5.41, 5.74) is 0.970. The molecule has 0 bridgehead atoms. The van der Waals surface area contributed by atoms with Crippen molar-refractivity contribution in [1.82, 2.24) is 10.1 Å². The normalized spacial score (nSPS) is 10.2. The number of aromatic nitrogens is 2. The Labute approximate surface area is 51.8 Å². The fraction of sp³-hybridized carbons (Fsp3) is 0. The van der Waals surface area contributed by atoms with E-state index in [1.54, 1.807) is 0 Å². The van der Waals surface area contributed by atoms with Gasteiger partial charge in [0.1, 0.15) is 0 Å². The van der Waals surface area contributed by atoms with E-state index in [2.05, 4.69) is 9.90 Å². The molecule has 0 N–H and O–H groups in total. The number of hydrogen-bond donors (Lipinski definition) is 0. The summed E-state index contributed by atoms with van der Waals surface area (Å²) in [5.74, 6) is 0. The van der Waals surface area contributed by atoms with Gasteiger partial charge < -0.3 is 4.63 Å². The average Bonchev–Trinajstić information content (AvgIpc) is 2.71. The van der Waals surface area contributed by atoms with Crippen molar-refractivity contribution in [3.05, 3.63) is 30.3 Å². The molecule has 0 aliphatic carbocycles. The number of rotatable bonds is 1. The summed E-state index contributed by atoms with van der Waals surface area (Å²) in [5, 5.41) is 3.51. The lowest BCUT2D eigenvalue weighted by molar-refractivity contribution is 0.497. The molecule has 0 aliphatic heterocycles. The van der Waals surface area contributed by atoms with Crippen LogP contribution in [0.3, 0.4) is 0 Å². The highest BCUT2D eigenvalue weighted by atomic mass is 16.7. The molecule has 1 heterocycles. The molecule has 0 fully saturated rings. The monoisotopic (exact) mass is 121 g/mol. The van der Waals surface area contributed by atoms with Gasteiger partial charge in [0, 0.05) is 0 Å². The molecule has 9 heavy (non-hydrogen) atoms. The Morgan fingerprint density at radius 2 is 1.89 bits per heavy atom. The Bertz CT molecular complexity index is 256. The lowest BCUT2D eigenvalue weighted by Gasteiger charge is -1.94. The van der Waals surface area contributed by atoms with Crippen molar-refractivity contribution in [3.63, 3.8) is 0 Å². The summed E-state index contributed by atoms with van der Waals surface area (Å²) in [6.07, 6.45) is 0. The second-order valence-electron chi connectivity index (χ2n) is 1.77. The number of hydrogen-bond acceptors (Lipinski definition) is 1. The van der Waals surface area contributed by atoms with E-state index in [-0.39, 0.29) is 0 Å². The van der Waals surface area contributed by atoms with Crippen LogP contribution in [0.1, 0.15) is 0 Å². The van der Waals surface area contributed by atoms with Crippen LogP contribution in [-0.4, -0.2) is 4.85 Å². The third kappa shape index (κ3) is 0.762. The number of para-hydroxylation sites is 1. The minimum Gasteiger partial charge on any atom is -0.454 e. The molecular formula is C6H5N2O-. The maximum atomic E-state index is 4.55. The lowest BCUT2D eigenvalue weighted by Crippen LogP contribution is -1.79. The molecule has 0 spiro atoms. The topological polar surface area (TPSA) is 32.2 Å². The number of nitrogens with zero attached hydrogens (tertiary/aromatic N) is 2.